The van der Waals surface area contributed by atoms with Gasteiger partial charge < -0.3 is 25.3 Å². The summed E-state index contributed by atoms with van der Waals surface area (Å²) in [6, 6.07) is 13.8. The first-order valence-electron chi connectivity index (χ1n) is 14.3. The van der Waals surface area contributed by atoms with Crippen LogP contribution in [0.15, 0.2) is 66.9 Å². The number of fused-ring (bicyclic) bond motifs is 1. The molecule has 3 aromatic carbocycles. The zero-order chi connectivity index (χ0) is 32.8. The molecule has 1 heterocycles. The number of nitrogens with two attached hydrogens (primary N) is 1. The van der Waals surface area contributed by atoms with E-state index >= 15 is 4.39 Å². The number of halogens is 2. The summed E-state index contributed by atoms with van der Waals surface area (Å²) in [6.07, 6.45) is 2.57. The summed E-state index contributed by atoms with van der Waals surface area (Å²) >= 11 is 0. The first-order valence-corrected chi connectivity index (χ1v) is 14.3. The van der Waals surface area contributed by atoms with Gasteiger partial charge in [0.05, 0.1) is 31.5 Å². The van der Waals surface area contributed by atoms with Crippen molar-refractivity contribution in [2.75, 3.05) is 31.7 Å². The van der Waals surface area contributed by atoms with Crippen molar-refractivity contribution in [3.63, 3.8) is 0 Å². The maximum Gasteiger partial charge on any atom is 0.257 e. The van der Waals surface area contributed by atoms with Crippen molar-refractivity contribution in [1.82, 2.24) is 15.8 Å². The lowest BCUT2D eigenvalue weighted by Gasteiger charge is -2.26. The summed E-state index contributed by atoms with van der Waals surface area (Å²) < 4.78 is 46.6. The van der Waals surface area contributed by atoms with Gasteiger partial charge in [-0.3, -0.25) is 29.5 Å². The van der Waals surface area contributed by atoms with E-state index < -0.39 is 34.8 Å². The van der Waals surface area contributed by atoms with Crippen molar-refractivity contribution < 1.29 is 42.6 Å². The Kier molecular flexibility index (Phi) is 9.58. The van der Waals surface area contributed by atoms with Crippen LogP contribution in [0, 0.1) is 17.0 Å². The van der Waals surface area contributed by atoms with E-state index in [1.54, 1.807) is 18.2 Å². The second-order valence-corrected chi connectivity index (χ2v) is 10.5. The second kappa shape index (κ2) is 13.7. The van der Waals surface area contributed by atoms with Crippen molar-refractivity contribution in [2.24, 2.45) is 11.1 Å². The van der Waals surface area contributed by atoms with Gasteiger partial charge in [-0.25, -0.2) is 14.3 Å². The number of ether oxygens (including phenoxy) is 3. The number of primary amides is 1. The number of carbonyl (C=O) groups excluding carboxylic acids is 3. The van der Waals surface area contributed by atoms with Crippen LogP contribution in [-0.2, 0) is 14.4 Å². The maximum absolute atomic E-state index is 15.6. The third-order valence-electron chi connectivity index (χ3n) is 7.47. The Bertz CT molecular complexity index is 1770. The predicted octanol–water partition coefficient (Wildman–Crippen LogP) is 4.11. The third-order valence-corrected chi connectivity index (χ3v) is 7.47. The van der Waals surface area contributed by atoms with Gasteiger partial charge >= 0.3 is 0 Å². The third kappa shape index (κ3) is 6.82. The fraction of sp³-hybridized carbons (Fsp3) is 0.250. The van der Waals surface area contributed by atoms with E-state index in [0.29, 0.717) is 42.0 Å². The Morgan fingerprint density at radius 3 is 2.37 bits per heavy atom. The number of hydrogen-bond acceptors (Lipinski definition) is 9. The minimum Gasteiger partial charge on any atom is -0.493 e. The highest BCUT2D eigenvalue weighted by atomic mass is 19.1. The summed E-state index contributed by atoms with van der Waals surface area (Å²) in [5, 5.41) is 11.9. The van der Waals surface area contributed by atoms with E-state index in [1.807, 2.05) is 0 Å². The number of hydroxylamine groups is 1. The zero-order valence-electron chi connectivity index (χ0n) is 24.7. The van der Waals surface area contributed by atoms with E-state index in [-0.39, 0.29) is 42.3 Å². The second-order valence-electron chi connectivity index (χ2n) is 10.5. The minimum atomic E-state index is -1.41. The molecule has 1 aliphatic carbocycles. The number of benzene rings is 3. The Morgan fingerprint density at radius 2 is 1.72 bits per heavy atom. The molecule has 0 bridgehead atoms. The zero-order valence-corrected chi connectivity index (χ0v) is 24.7. The topological polar surface area (TPSA) is 165 Å². The standard InChI is InChI=1S/C32H31F2N5O7/c1-44-27-16-22-24(17-28(27)45-14-2-12-36-18-29(40)38-43)37-13-9-25(22)46-26-8-7-21(15-23(26)34)39(20-5-3-19(33)4-6-20)31(42)32(10-11-32)30(35)41/h3-9,13,15-17,36,43H,2,10-12,14,18H2,1H3,(H2,35,41)(H,38,40). The van der Waals surface area contributed by atoms with Gasteiger partial charge in [0, 0.05) is 29.4 Å². The number of aromatic nitrogens is 1. The number of rotatable bonds is 14. The smallest absolute Gasteiger partial charge is 0.257 e. The molecule has 0 saturated heterocycles. The van der Waals surface area contributed by atoms with Crippen molar-refractivity contribution in [3.05, 3.63) is 78.5 Å². The van der Waals surface area contributed by atoms with Gasteiger partial charge in [-0.15, -0.1) is 0 Å². The number of anilines is 2. The quantitative estimate of drug-likeness (QED) is 0.0691. The number of methoxy groups -OCH3 is 1. The summed E-state index contributed by atoms with van der Waals surface area (Å²) in [5.41, 5.74) is 6.49. The maximum atomic E-state index is 15.6. The molecule has 4 aromatic rings. The van der Waals surface area contributed by atoms with E-state index in [9.17, 15) is 18.8 Å². The molecule has 0 unspecified atom stereocenters. The molecule has 0 atom stereocenters. The number of carbonyl (C=O) groups is 3. The first-order chi connectivity index (χ1) is 22.2. The van der Waals surface area contributed by atoms with Crippen LogP contribution in [0.4, 0.5) is 20.2 Å². The molecular formula is C32H31F2N5O7. The molecule has 46 heavy (non-hydrogen) atoms. The Morgan fingerprint density at radius 1 is 0.978 bits per heavy atom. The van der Waals surface area contributed by atoms with E-state index in [2.05, 4.69) is 10.3 Å². The number of nitrogens with one attached hydrogen (secondary N) is 2. The van der Waals surface area contributed by atoms with Gasteiger partial charge in [0.1, 0.15) is 17.0 Å². The molecule has 1 aliphatic rings. The van der Waals surface area contributed by atoms with Crippen LogP contribution in [0.3, 0.4) is 0 Å². The van der Waals surface area contributed by atoms with Crippen molar-refractivity contribution >= 4 is 40.0 Å². The van der Waals surface area contributed by atoms with Gasteiger partial charge in [0.2, 0.25) is 11.8 Å². The Balaban J connectivity index is 1.37. The number of amides is 3. The number of nitrogens with zero attached hydrogens (tertiary/aromatic N) is 2. The summed E-state index contributed by atoms with van der Waals surface area (Å²) in [4.78, 5) is 42.3. The largest absolute Gasteiger partial charge is 0.493 e. The van der Waals surface area contributed by atoms with Gasteiger partial charge in [-0.1, -0.05) is 0 Å². The fourth-order valence-corrected chi connectivity index (χ4v) is 4.82. The first kappa shape index (κ1) is 32.1. The molecule has 0 spiro atoms. The van der Waals surface area contributed by atoms with Crippen molar-refractivity contribution in [2.45, 2.75) is 19.3 Å². The molecule has 5 N–H and O–H groups in total. The van der Waals surface area contributed by atoms with Crippen LogP contribution < -0.4 is 35.6 Å². The molecule has 0 aliphatic heterocycles. The Hall–Kier alpha value is -5.34. The van der Waals surface area contributed by atoms with Crippen LogP contribution in [0.25, 0.3) is 10.9 Å². The highest BCUT2D eigenvalue weighted by Crippen LogP contribution is 2.49. The average Bonchev–Trinajstić information content (AvgIpc) is 3.87. The number of hydrogen-bond donors (Lipinski definition) is 4. The summed E-state index contributed by atoms with van der Waals surface area (Å²) in [6.45, 7) is 0.722. The minimum absolute atomic E-state index is 0.0353. The fourth-order valence-electron chi connectivity index (χ4n) is 4.82. The van der Waals surface area contributed by atoms with Gasteiger partial charge in [-0.05, 0) is 74.3 Å². The monoisotopic (exact) mass is 635 g/mol. The van der Waals surface area contributed by atoms with Crippen molar-refractivity contribution in [1.29, 1.82) is 0 Å². The summed E-state index contributed by atoms with van der Waals surface area (Å²) in [5.74, 6) is -2.37. The lowest BCUT2D eigenvalue weighted by atomic mass is 10.0. The highest BCUT2D eigenvalue weighted by Gasteiger charge is 2.57. The van der Waals surface area contributed by atoms with Crippen molar-refractivity contribution in [3.8, 4) is 23.0 Å². The van der Waals surface area contributed by atoms with Crippen LogP contribution in [0.2, 0.25) is 0 Å². The molecular weight excluding hydrogens is 604 g/mol. The predicted molar refractivity (Wildman–Crippen MR) is 162 cm³/mol. The van der Waals surface area contributed by atoms with Crippen LogP contribution in [0.5, 0.6) is 23.0 Å². The van der Waals surface area contributed by atoms with Gasteiger partial charge in [-0.2, -0.15) is 0 Å². The lowest BCUT2D eigenvalue weighted by molar-refractivity contribution is -0.133. The molecule has 0 radical (unpaired) electrons. The number of pyridine rings is 1. The summed E-state index contributed by atoms with van der Waals surface area (Å²) in [7, 11) is 1.47. The molecule has 1 aromatic heterocycles. The van der Waals surface area contributed by atoms with E-state index in [1.165, 1.54) is 43.1 Å². The molecule has 14 heteroatoms. The lowest BCUT2D eigenvalue weighted by Crippen LogP contribution is -2.41. The normalized spacial score (nSPS) is 13.1. The average molecular weight is 636 g/mol. The molecule has 5 rings (SSSR count). The molecule has 12 nitrogen and oxygen atoms in total. The van der Waals surface area contributed by atoms with Crippen LogP contribution in [0.1, 0.15) is 19.3 Å². The highest BCUT2D eigenvalue weighted by molar-refractivity contribution is 6.16. The van der Waals surface area contributed by atoms with Crippen LogP contribution >= 0.6 is 0 Å². The van der Waals surface area contributed by atoms with E-state index in [0.717, 1.165) is 23.1 Å². The molecule has 3 amide bonds. The molecule has 1 fully saturated rings. The van der Waals surface area contributed by atoms with E-state index in [4.69, 9.17) is 25.2 Å². The SMILES string of the molecule is COc1cc2c(Oc3ccc(N(C(=O)C4(C(N)=O)CC4)c4ccc(F)cc4)cc3F)ccnc2cc1OCCCNCC(=O)NO. The molecule has 240 valence electrons. The van der Waals surface area contributed by atoms with Crippen LogP contribution in [-0.4, -0.2) is 54.7 Å². The Labute approximate surface area is 262 Å². The van der Waals surface area contributed by atoms with Gasteiger partial charge in [0.15, 0.2) is 23.1 Å². The van der Waals surface area contributed by atoms with Gasteiger partial charge in [0.25, 0.3) is 5.91 Å². The molecule has 1 saturated carbocycles.